The van der Waals surface area contributed by atoms with Crippen LogP contribution in [-0.4, -0.2) is 50.5 Å². The van der Waals surface area contributed by atoms with Gasteiger partial charge in [-0.2, -0.15) is 0 Å². The summed E-state index contributed by atoms with van der Waals surface area (Å²) in [4.78, 5) is 30.8. The van der Waals surface area contributed by atoms with Crippen LogP contribution in [0.5, 0.6) is 0 Å². The molecule has 2 amide bonds. The minimum atomic E-state index is -0.124. The first-order valence-electron chi connectivity index (χ1n) is 8.63. The fourth-order valence-corrected chi connectivity index (χ4v) is 3.31. The van der Waals surface area contributed by atoms with Crippen LogP contribution in [0.25, 0.3) is 0 Å². The third-order valence-electron chi connectivity index (χ3n) is 5.00. The van der Waals surface area contributed by atoms with Crippen molar-refractivity contribution in [3.05, 3.63) is 41.7 Å². The Labute approximate surface area is 147 Å². The number of hydrogen-bond donors (Lipinski definition) is 1. The molecular weight excluding hydrogens is 318 g/mol. The predicted molar refractivity (Wildman–Crippen MR) is 94.3 cm³/mol. The lowest BCUT2D eigenvalue weighted by Gasteiger charge is -2.33. The van der Waals surface area contributed by atoms with E-state index in [-0.39, 0.29) is 17.7 Å². The number of carbonyl (C=O) groups excluding carboxylic acids is 2. The molecule has 25 heavy (non-hydrogen) atoms. The third kappa shape index (κ3) is 3.60. The van der Waals surface area contributed by atoms with Crippen LogP contribution in [0.4, 0.5) is 0 Å². The van der Waals surface area contributed by atoms with Crippen molar-refractivity contribution in [3.63, 3.8) is 0 Å². The molecule has 0 spiro atoms. The van der Waals surface area contributed by atoms with Crippen LogP contribution in [0.2, 0.25) is 0 Å². The van der Waals surface area contributed by atoms with Gasteiger partial charge in [0.15, 0.2) is 0 Å². The number of imidazole rings is 1. The van der Waals surface area contributed by atoms with E-state index >= 15 is 0 Å². The van der Waals surface area contributed by atoms with E-state index in [1.165, 1.54) is 0 Å². The number of aryl methyl sites for hydroxylation is 2. The highest BCUT2D eigenvalue weighted by atomic mass is 16.2. The molecule has 1 saturated heterocycles. The number of amides is 2. The molecule has 1 N–H and O–H groups in total. The quantitative estimate of drug-likeness (QED) is 0.911. The molecule has 0 aliphatic carbocycles. The molecule has 0 bridgehead atoms. The van der Waals surface area contributed by atoms with Crippen molar-refractivity contribution in [3.8, 4) is 0 Å². The lowest BCUT2D eigenvalue weighted by Crippen LogP contribution is -2.44. The predicted octanol–water partition coefficient (Wildman–Crippen LogP) is 1.35. The smallest absolute Gasteiger partial charge is 0.270 e. The number of carbonyl (C=O) groups is 2. The van der Waals surface area contributed by atoms with E-state index in [0.29, 0.717) is 18.8 Å². The number of piperidine rings is 1. The van der Waals surface area contributed by atoms with Crippen molar-refractivity contribution < 1.29 is 9.59 Å². The van der Waals surface area contributed by atoms with Gasteiger partial charge in [0.1, 0.15) is 11.4 Å². The van der Waals surface area contributed by atoms with Gasteiger partial charge in [0, 0.05) is 39.4 Å². The zero-order valence-corrected chi connectivity index (χ0v) is 15.0. The van der Waals surface area contributed by atoms with Crippen molar-refractivity contribution >= 4 is 11.8 Å². The number of rotatable bonds is 4. The van der Waals surface area contributed by atoms with Gasteiger partial charge in [-0.1, -0.05) is 0 Å². The lowest BCUT2D eigenvalue weighted by atomic mass is 9.97. The molecule has 2 aromatic rings. The molecule has 134 valence electrons. The first kappa shape index (κ1) is 17.3. The molecule has 7 nitrogen and oxygen atoms in total. The highest BCUT2D eigenvalue weighted by Crippen LogP contribution is 2.19. The molecule has 1 aliphatic heterocycles. The molecule has 1 unspecified atom stereocenters. The normalized spacial score (nSPS) is 17.6. The van der Waals surface area contributed by atoms with Crippen molar-refractivity contribution in [2.45, 2.75) is 19.8 Å². The maximum absolute atomic E-state index is 12.8. The molecule has 1 atom stereocenters. The molecule has 0 radical (unpaired) electrons. The van der Waals surface area contributed by atoms with E-state index in [1.54, 1.807) is 24.1 Å². The summed E-state index contributed by atoms with van der Waals surface area (Å²) in [7, 11) is 3.71. The van der Waals surface area contributed by atoms with Gasteiger partial charge in [-0.3, -0.25) is 9.59 Å². The molecule has 3 rings (SSSR count). The Morgan fingerprint density at radius 1 is 1.28 bits per heavy atom. The SMILES string of the molecule is Cc1ccc(C(=O)N2CCCC(CNC(=O)c3cncn3C)C2)n1C. The largest absolute Gasteiger partial charge is 0.350 e. The Bertz CT molecular complexity index is 776. The van der Waals surface area contributed by atoms with Crippen LogP contribution in [0.3, 0.4) is 0 Å². The van der Waals surface area contributed by atoms with Crippen molar-refractivity contribution in [2.24, 2.45) is 20.0 Å². The third-order valence-corrected chi connectivity index (χ3v) is 5.00. The van der Waals surface area contributed by atoms with E-state index in [0.717, 1.165) is 30.8 Å². The van der Waals surface area contributed by atoms with E-state index in [1.807, 2.05) is 35.6 Å². The van der Waals surface area contributed by atoms with Crippen LogP contribution in [0.1, 0.15) is 39.5 Å². The fraction of sp³-hybridized carbons (Fsp3) is 0.500. The minimum Gasteiger partial charge on any atom is -0.350 e. The Hall–Kier alpha value is -2.57. The second-order valence-electron chi connectivity index (χ2n) is 6.78. The van der Waals surface area contributed by atoms with Gasteiger partial charge < -0.3 is 19.4 Å². The molecule has 1 fully saturated rings. The second kappa shape index (κ2) is 7.13. The Kier molecular flexibility index (Phi) is 4.92. The minimum absolute atomic E-state index is 0.0678. The van der Waals surface area contributed by atoms with Gasteiger partial charge in [-0.15, -0.1) is 0 Å². The van der Waals surface area contributed by atoms with Gasteiger partial charge in [0.05, 0.1) is 12.5 Å². The van der Waals surface area contributed by atoms with Crippen LogP contribution in [-0.2, 0) is 14.1 Å². The number of nitrogens with zero attached hydrogens (tertiary/aromatic N) is 4. The first-order valence-corrected chi connectivity index (χ1v) is 8.63. The fourth-order valence-electron chi connectivity index (χ4n) is 3.31. The summed E-state index contributed by atoms with van der Waals surface area (Å²) in [6.07, 6.45) is 5.14. The highest BCUT2D eigenvalue weighted by molar-refractivity contribution is 5.93. The maximum atomic E-state index is 12.8. The highest BCUT2D eigenvalue weighted by Gasteiger charge is 2.26. The van der Waals surface area contributed by atoms with Crippen molar-refractivity contribution in [1.82, 2.24) is 24.3 Å². The Morgan fingerprint density at radius 2 is 2.08 bits per heavy atom. The number of aromatic nitrogens is 3. The average Bonchev–Trinajstić information content (AvgIpc) is 3.19. The first-order chi connectivity index (χ1) is 12.0. The van der Waals surface area contributed by atoms with Gasteiger partial charge >= 0.3 is 0 Å². The van der Waals surface area contributed by atoms with Crippen LogP contribution < -0.4 is 5.32 Å². The van der Waals surface area contributed by atoms with Gasteiger partial charge in [-0.25, -0.2) is 4.98 Å². The van der Waals surface area contributed by atoms with Crippen molar-refractivity contribution in [1.29, 1.82) is 0 Å². The molecule has 3 heterocycles. The summed E-state index contributed by atoms with van der Waals surface area (Å²) in [6, 6.07) is 3.84. The van der Waals surface area contributed by atoms with Crippen LogP contribution in [0, 0.1) is 12.8 Å². The number of nitrogens with one attached hydrogen (secondary N) is 1. The van der Waals surface area contributed by atoms with Crippen LogP contribution >= 0.6 is 0 Å². The molecule has 7 heteroatoms. The molecular formula is C18H25N5O2. The summed E-state index contributed by atoms with van der Waals surface area (Å²) < 4.78 is 3.62. The lowest BCUT2D eigenvalue weighted by molar-refractivity contribution is 0.0661. The van der Waals surface area contributed by atoms with E-state index in [9.17, 15) is 9.59 Å². The monoisotopic (exact) mass is 343 g/mol. The Morgan fingerprint density at radius 3 is 2.72 bits per heavy atom. The molecule has 2 aromatic heterocycles. The van der Waals surface area contributed by atoms with Crippen LogP contribution in [0.15, 0.2) is 24.7 Å². The summed E-state index contributed by atoms with van der Waals surface area (Å²) in [6.45, 7) is 4.01. The summed E-state index contributed by atoms with van der Waals surface area (Å²) >= 11 is 0. The molecule has 1 aliphatic rings. The molecule has 0 saturated carbocycles. The van der Waals surface area contributed by atoms with E-state index < -0.39 is 0 Å². The second-order valence-corrected chi connectivity index (χ2v) is 6.78. The van der Waals surface area contributed by atoms with Crippen molar-refractivity contribution in [2.75, 3.05) is 19.6 Å². The van der Waals surface area contributed by atoms with Gasteiger partial charge in [0.2, 0.25) is 0 Å². The maximum Gasteiger partial charge on any atom is 0.270 e. The summed E-state index contributed by atoms with van der Waals surface area (Å²) in [5.41, 5.74) is 2.33. The summed E-state index contributed by atoms with van der Waals surface area (Å²) in [5, 5.41) is 2.97. The van der Waals surface area contributed by atoms with Gasteiger partial charge in [0.25, 0.3) is 11.8 Å². The Balaban J connectivity index is 1.58. The zero-order chi connectivity index (χ0) is 18.0. The van der Waals surface area contributed by atoms with E-state index in [4.69, 9.17) is 0 Å². The number of hydrogen-bond acceptors (Lipinski definition) is 3. The zero-order valence-electron chi connectivity index (χ0n) is 15.0. The number of likely N-dealkylation sites (tertiary alicyclic amines) is 1. The summed E-state index contributed by atoms with van der Waals surface area (Å²) in [5.74, 6) is 0.219. The molecule has 0 aromatic carbocycles. The van der Waals surface area contributed by atoms with E-state index in [2.05, 4.69) is 10.3 Å². The topological polar surface area (TPSA) is 72.2 Å². The standard InChI is InChI=1S/C18H25N5O2/c1-13-6-7-15(22(13)3)18(25)23-8-4-5-14(11-23)9-20-17(24)16-10-19-12-21(16)2/h6-7,10,12,14H,4-5,8-9,11H2,1-3H3,(H,20,24). The van der Waals surface area contributed by atoms with Gasteiger partial charge in [-0.05, 0) is 37.8 Å². The average molecular weight is 343 g/mol.